The van der Waals surface area contributed by atoms with E-state index in [2.05, 4.69) is 15.5 Å². The van der Waals surface area contributed by atoms with E-state index < -0.39 is 16.2 Å². The van der Waals surface area contributed by atoms with Gasteiger partial charge in [0.25, 0.3) is 0 Å². The smallest absolute Gasteiger partial charge is 0.247 e. The van der Waals surface area contributed by atoms with Gasteiger partial charge in [0.2, 0.25) is 10.0 Å². The Morgan fingerprint density at radius 1 is 1.53 bits per heavy atom. The number of aromatic amines is 1. The van der Waals surface area contributed by atoms with Crippen LogP contribution >= 0.6 is 0 Å². The molecule has 19 heavy (non-hydrogen) atoms. The van der Waals surface area contributed by atoms with E-state index in [0.29, 0.717) is 17.9 Å². The van der Waals surface area contributed by atoms with Gasteiger partial charge in [-0.2, -0.15) is 9.40 Å². The number of likely N-dealkylation sites (N-methyl/N-ethyl adjacent to an activating group) is 1. The number of hydrogen-bond acceptors (Lipinski definition) is 4. The van der Waals surface area contributed by atoms with Crippen molar-refractivity contribution in [3.05, 3.63) is 11.4 Å². The summed E-state index contributed by atoms with van der Waals surface area (Å²) in [6.07, 6.45) is -0.878. The first-order valence-electron chi connectivity index (χ1n) is 6.20. The first-order valence-corrected chi connectivity index (χ1v) is 7.64. The van der Waals surface area contributed by atoms with Gasteiger partial charge in [-0.1, -0.05) is 0 Å². The lowest BCUT2D eigenvalue weighted by molar-refractivity contribution is 0.342. The third-order valence-electron chi connectivity index (χ3n) is 3.38. The van der Waals surface area contributed by atoms with Crippen molar-refractivity contribution in [2.45, 2.75) is 37.4 Å². The van der Waals surface area contributed by atoms with E-state index in [9.17, 15) is 12.8 Å². The minimum atomic E-state index is -3.70. The minimum Gasteiger partial charge on any atom is -0.318 e. The second-order valence-corrected chi connectivity index (χ2v) is 6.71. The van der Waals surface area contributed by atoms with E-state index in [-0.39, 0.29) is 23.9 Å². The van der Waals surface area contributed by atoms with E-state index in [0.717, 1.165) is 0 Å². The number of H-pyrrole nitrogens is 1. The summed E-state index contributed by atoms with van der Waals surface area (Å²) >= 11 is 0. The number of halogens is 1. The number of sulfonamides is 1. The maximum Gasteiger partial charge on any atom is 0.247 e. The van der Waals surface area contributed by atoms with Crippen molar-refractivity contribution in [1.29, 1.82) is 0 Å². The van der Waals surface area contributed by atoms with E-state index in [1.165, 1.54) is 4.31 Å². The lowest BCUT2D eigenvalue weighted by Crippen LogP contribution is -2.41. The molecule has 2 atom stereocenters. The third kappa shape index (κ3) is 2.52. The highest BCUT2D eigenvalue weighted by Crippen LogP contribution is 2.29. The van der Waals surface area contributed by atoms with E-state index >= 15 is 0 Å². The molecule has 1 aliphatic heterocycles. The number of aromatic nitrogens is 2. The molecular weight excluding hydrogens is 271 g/mol. The molecule has 1 fully saturated rings. The van der Waals surface area contributed by atoms with Gasteiger partial charge < -0.3 is 5.32 Å². The Kier molecular flexibility index (Phi) is 3.93. The van der Waals surface area contributed by atoms with Gasteiger partial charge in [-0.25, -0.2) is 12.8 Å². The number of alkyl halides is 1. The molecule has 0 aromatic carbocycles. The fourth-order valence-electron chi connectivity index (χ4n) is 2.58. The van der Waals surface area contributed by atoms with Crippen LogP contribution in [-0.2, 0) is 10.0 Å². The summed E-state index contributed by atoms with van der Waals surface area (Å²) in [6, 6.07) is -0.348. The molecule has 2 heterocycles. The van der Waals surface area contributed by atoms with Gasteiger partial charge in [0.1, 0.15) is 11.1 Å². The van der Waals surface area contributed by atoms with Crippen LogP contribution < -0.4 is 5.32 Å². The summed E-state index contributed by atoms with van der Waals surface area (Å²) in [5, 5.41) is 9.47. The Morgan fingerprint density at radius 2 is 2.21 bits per heavy atom. The Morgan fingerprint density at radius 3 is 2.74 bits per heavy atom. The first-order chi connectivity index (χ1) is 8.87. The summed E-state index contributed by atoms with van der Waals surface area (Å²) in [5.41, 5.74) is 0.908. The van der Waals surface area contributed by atoms with Gasteiger partial charge >= 0.3 is 0 Å². The Hall–Kier alpha value is -0.990. The molecule has 1 saturated heterocycles. The molecule has 1 aromatic heterocycles. The quantitative estimate of drug-likeness (QED) is 0.838. The molecule has 0 amide bonds. The molecule has 2 rings (SSSR count). The van der Waals surface area contributed by atoms with Crippen LogP contribution in [0, 0.1) is 13.8 Å². The van der Waals surface area contributed by atoms with Crippen molar-refractivity contribution in [1.82, 2.24) is 19.8 Å². The second kappa shape index (κ2) is 5.18. The van der Waals surface area contributed by atoms with Crippen LogP contribution in [0.5, 0.6) is 0 Å². The van der Waals surface area contributed by atoms with Gasteiger partial charge in [-0.15, -0.1) is 0 Å². The van der Waals surface area contributed by atoms with Gasteiger partial charge in [-0.3, -0.25) is 5.10 Å². The number of rotatable bonds is 4. The van der Waals surface area contributed by atoms with Crippen molar-refractivity contribution in [2.75, 3.05) is 20.1 Å². The lowest BCUT2D eigenvalue weighted by Gasteiger charge is -2.23. The van der Waals surface area contributed by atoms with Crippen LogP contribution in [-0.4, -0.2) is 55.3 Å². The van der Waals surface area contributed by atoms with Gasteiger partial charge in [0, 0.05) is 19.1 Å². The van der Waals surface area contributed by atoms with E-state index in [4.69, 9.17) is 0 Å². The average Bonchev–Trinajstić information content (AvgIpc) is 2.84. The maximum atomic E-state index is 13.6. The zero-order chi connectivity index (χ0) is 14.2. The summed E-state index contributed by atoms with van der Waals surface area (Å²) in [4.78, 5) is 0.169. The SMILES string of the molecule is CNC[C@@H]1C[C@H](F)CN1S(=O)(=O)c1c(C)n[nH]c1C. The topological polar surface area (TPSA) is 78.1 Å². The number of nitrogens with zero attached hydrogens (tertiary/aromatic N) is 2. The monoisotopic (exact) mass is 290 g/mol. The molecule has 8 heteroatoms. The van der Waals surface area contributed by atoms with Crippen LogP contribution in [0.25, 0.3) is 0 Å². The standard InChI is InChI=1S/C11H19FN4O2S/c1-7-11(8(2)15-14-7)19(17,18)16-6-9(12)4-10(16)5-13-3/h9-10,13H,4-6H2,1-3H3,(H,14,15)/t9-,10-/m0/s1. The molecule has 0 spiro atoms. The molecule has 0 aliphatic carbocycles. The molecule has 0 saturated carbocycles. The molecule has 0 radical (unpaired) electrons. The molecule has 108 valence electrons. The summed E-state index contributed by atoms with van der Waals surface area (Å²) in [7, 11) is -1.97. The van der Waals surface area contributed by atoms with Crippen molar-refractivity contribution < 1.29 is 12.8 Å². The van der Waals surface area contributed by atoms with Crippen LogP contribution in [0.2, 0.25) is 0 Å². The zero-order valence-electron chi connectivity index (χ0n) is 11.3. The van der Waals surface area contributed by atoms with Crippen LogP contribution in [0.3, 0.4) is 0 Å². The van der Waals surface area contributed by atoms with E-state index in [1.54, 1.807) is 20.9 Å². The van der Waals surface area contributed by atoms with Crippen LogP contribution in [0.15, 0.2) is 4.90 Å². The van der Waals surface area contributed by atoms with Gasteiger partial charge in [0.15, 0.2) is 0 Å². The van der Waals surface area contributed by atoms with Crippen LogP contribution in [0.4, 0.5) is 4.39 Å². The van der Waals surface area contributed by atoms with Crippen LogP contribution in [0.1, 0.15) is 17.8 Å². The molecular formula is C11H19FN4O2S. The van der Waals surface area contributed by atoms with E-state index in [1.807, 2.05) is 0 Å². The predicted octanol–water partition coefficient (Wildman–Crippen LogP) is 0.347. The summed E-state index contributed by atoms with van der Waals surface area (Å²) < 4.78 is 40.1. The highest BCUT2D eigenvalue weighted by molar-refractivity contribution is 7.89. The molecule has 1 aromatic rings. The normalized spacial score (nSPS) is 25.1. The first kappa shape index (κ1) is 14.4. The molecule has 0 bridgehead atoms. The molecule has 2 N–H and O–H groups in total. The Balaban J connectivity index is 2.39. The summed E-state index contributed by atoms with van der Waals surface area (Å²) in [6.45, 7) is 3.64. The van der Waals surface area contributed by atoms with Crippen molar-refractivity contribution in [3.63, 3.8) is 0 Å². The van der Waals surface area contributed by atoms with Crippen molar-refractivity contribution in [2.24, 2.45) is 0 Å². The fraction of sp³-hybridized carbons (Fsp3) is 0.727. The summed E-state index contributed by atoms with van der Waals surface area (Å²) in [5.74, 6) is 0. The molecule has 1 aliphatic rings. The van der Waals surface area contributed by atoms with Crippen molar-refractivity contribution >= 4 is 10.0 Å². The highest BCUT2D eigenvalue weighted by Gasteiger charge is 2.41. The Labute approximate surface area is 112 Å². The molecule has 6 nitrogen and oxygen atoms in total. The second-order valence-electron chi connectivity index (χ2n) is 4.88. The third-order valence-corrected chi connectivity index (χ3v) is 5.56. The van der Waals surface area contributed by atoms with Gasteiger partial charge in [-0.05, 0) is 27.3 Å². The number of hydrogen-bond donors (Lipinski definition) is 2. The largest absolute Gasteiger partial charge is 0.318 e. The average molecular weight is 290 g/mol. The van der Waals surface area contributed by atoms with Gasteiger partial charge in [0.05, 0.1) is 11.4 Å². The number of nitrogens with one attached hydrogen (secondary N) is 2. The lowest BCUT2D eigenvalue weighted by atomic mass is 10.2. The minimum absolute atomic E-state index is 0.0846. The molecule has 0 unspecified atom stereocenters. The maximum absolute atomic E-state index is 13.6. The predicted molar refractivity (Wildman–Crippen MR) is 69.2 cm³/mol. The number of aryl methyl sites for hydroxylation is 2. The zero-order valence-corrected chi connectivity index (χ0v) is 12.1. The fourth-order valence-corrected chi connectivity index (χ4v) is 4.58. The van der Waals surface area contributed by atoms with Crippen molar-refractivity contribution in [3.8, 4) is 0 Å². The highest BCUT2D eigenvalue weighted by atomic mass is 32.2. The Bertz CT molecular complexity index is 538.